The quantitative estimate of drug-likeness (QED) is 0.841. The summed E-state index contributed by atoms with van der Waals surface area (Å²) < 4.78 is 16.7. The lowest BCUT2D eigenvalue weighted by Crippen LogP contribution is -2.26. The normalized spacial score (nSPS) is 16.6. The summed E-state index contributed by atoms with van der Waals surface area (Å²) in [5, 5.41) is 2.43. The second-order valence-electron chi connectivity index (χ2n) is 4.67. The molecular weight excluding hydrogens is 240 g/mol. The molecule has 0 amide bonds. The van der Waals surface area contributed by atoms with Gasteiger partial charge in [-0.3, -0.25) is 0 Å². The topological polar surface area (TPSA) is 27.7 Å². The summed E-state index contributed by atoms with van der Waals surface area (Å²) in [4.78, 5) is 0. The lowest BCUT2D eigenvalue weighted by atomic mass is 10.1. The van der Waals surface area contributed by atoms with Gasteiger partial charge in [-0.05, 0) is 29.3 Å². The summed E-state index contributed by atoms with van der Waals surface area (Å²) in [5.41, 5.74) is 0. The molecule has 1 fully saturated rings. The van der Waals surface area contributed by atoms with E-state index < -0.39 is 0 Å². The molecule has 3 nitrogen and oxygen atoms in total. The Morgan fingerprint density at radius 3 is 2.63 bits per heavy atom. The number of rotatable bonds is 4. The van der Waals surface area contributed by atoms with Crippen LogP contribution in [0.15, 0.2) is 42.5 Å². The number of benzene rings is 2. The molecule has 1 aliphatic heterocycles. The van der Waals surface area contributed by atoms with Gasteiger partial charge >= 0.3 is 0 Å². The zero-order valence-corrected chi connectivity index (χ0v) is 10.9. The van der Waals surface area contributed by atoms with Crippen molar-refractivity contribution in [3.8, 4) is 5.75 Å². The average molecular weight is 258 g/mol. The third kappa shape index (κ3) is 3.25. The molecule has 2 aromatic carbocycles. The maximum atomic E-state index is 5.76. The molecule has 100 valence electrons. The predicted octanol–water partition coefficient (Wildman–Crippen LogP) is 3.37. The first-order chi connectivity index (χ1) is 9.42. The van der Waals surface area contributed by atoms with Crippen LogP contribution in [0.25, 0.3) is 10.8 Å². The molecule has 1 heterocycles. The first-order valence-electron chi connectivity index (χ1n) is 6.77. The van der Waals surface area contributed by atoms with Crippen molar-refractivity contribution in [1.82, 2.24) is 0 Å². The first kappa shape index (κ1) is 12.5. The van der Waals surface area contributed by atoms with Crippen molar-refractivity contribution in [2.24, 2.45) is 0 Å². The molecule has 0 saturated carbocycles. The van der Waals surface area contributed by atoms with E-state index in [1.54, 1.807) is 0 Å². The molecule has 0 bridgehead atoms. The fraction of sp³-hybridized carbons (Fsp3) is 0.375. The predicted molar refractivity (Wildman–Crippen MR) is 74.4 cm³/mol. The smallest absolute Gasteiger partial charge is 0.160 e. The highest BCUT2D eigenvalue weighted by molar-refractivity contribution is 5.83. The Hall–Kier alpha value is -1.58. The van der Waals surface area contributed by atoms with Gasteiger partial charge in [0.1, 0.15) is 5.75 Å². The molecule has 0 N–H and O–H groups in total. The molecule has 0 aliphatic carbocycles. The maximum Gasteiger partial charge on any atom is 0.160 e. The highest BCUT2D eigenvalue weighted by Crippen LogP contribution is 2.21. The minimum absolute atomic E-state index is 0.103. The average Bonchev–Trinajstić information content (AvgIpc) is 2.48. The molecule has 0 unspecified atom stereocenters. The lowest BCUT2D eigenvalue weighted by molar-refractivity contribution is -0.183. The molecule has 0 aromatic heterocycles. The molecule has 3 rings (SSSR count). The highest BCUT2D eigenvalue weighted by atomic mass is 16.7. The Bertz CT molecular complexity index is 532. The van der Waals surface area contributed by atoms with Gasteiger partial charge in [0.2, 0.25) is 0 Å². The largest absolute Gasteiger partial charge is 0.493 e. The van der Waals surface area contributed by atoms with E-state index in [0.29, 0.717) is 6.61 Å². The summed E-state index contributed by atoms with van der Waals surface area (Å²) in [5.74, 6) is 0.898. The van der Waals surface area contributed by atoms with Crippen LogP contribution < -0.4 is 4.74 Å². The number of ether oxygens (including phenoxy) is 3. The van der Waals surface area contributed by atoms with Crippen LogP contribution in [0.5, 0.6) is 5.75 Å². The van der Waals surface area contributed by atoms with Crippen LogP contribution in [0.1, 0.15) is 12.8 Å². The Balaban J connectivity index is 1.56. The summed E-state index contributed by atoms with van der Waals surface area (Å²) >= 11 is 0. The third-order valence-corrected chi connectivity index (χ3v) is 3.24. The van der Waals surface area contributed by atoms with Crippen LogP contribution in [0.3, 0.4) is 0 Å². The summed E-state index contributed by atoms with van der Waals surface area (Å²) in [6.45, 7) is 2.20. The van der Waals surface area contributed by atoms with Crippen LogP contribution in [0, 0.1) is 0 Å². The van der Waals surface area contributed by atoms with Gasteiger partial charge in [-0.2, -0.15) is 0 Å². The van der Waals surface area contributed by atoms with E-state index in [2.05, 4.69) is 24.3 Å². The van der Waals surface area contributed by atoms with Gasteiger partial charge in [0.05, 0.1) is 19.8 Å². The van der Waals surface area contributed by atoms with Crippen molar-refractivity contribution in [3.63, 3.8) is 0 Å². The molecule has 0 spiro atoms. The van der Waals surface area contributed by atoms with Crippen molar-refractivity contribution >= 4 is 10.8 Å². The van der Waals surface area contributed by atoms with E-state index in [-0.39, 0.29) is 6.29 Å². The minimum atomic E-state index is -0.103. The lowest BCUT2D eigenvalue weighted by Gasteiger charge is -2.23. The second kappa shape index (κ2) is 6.04. The van der Waals surface area contributed by atoms with Crippen molar-refractivity contribution < 1.29 is 14.2 Å². The highest BCUT2D eigenvalue weighted by Gasteiger charge is 2.13. The van der Waals surface area contributed by atoms with Crippen LogP contribution in [0.2, 0.25) is 0 Å². The monoisotopic (exact) mass is 258 g/mol. The van der Waals surface area contributed by atoms with E-state index >= 15 is 0 Å². The zero-order chi connectivity index (χ0) is 12.9. The summed E-state index contributed by atoms with van der Waals surface area (Å²) in [7, 11) is 0. The molecule has 19 heavy (non-hydrogen) atoms. The van der Waals surface area contributed by atoms with Crippen LogP contribution in [-0.4, -0.2) is 26.1 Å². The Kier molecular flexibility index (Phi) is 3.96. The van der Waals surface area contributed by atoms with Crippen LogP contribution >= 0.6 is 0 Å². The van der Waals surface area contributed by atoms with Crippen LogP contribution in [0.4, 0.5) is 0 Å². The maximum absolute atomic E-state index is 5.76. The van der Waals surface area contributed by atoms with Crippen molar-refractivity contribution in [1.29, 1.82) is 0 Å². The second-order valence-corrected chi connectivity index (χ2v) is 4.67. The van der Waals surface area contributed by atoms with E-state index in [1.807, 2.05) is 18.2 Å². The Morgan fingerprint density at radius 2 is 1.79 bits per heavy atom. The van der Waals surface area contributed by atoms with Gasteiger partial charge in [0.25, 0.3) is 0 Å². The molecule has 3 heteroatoms. The summed E-state index contributed by atoms with van der Waals surface area (Å²) in [6, 6.07) is 14.4. The molecule has 0 radical (unpaired) electrons. The molecule has 1 saturated heterocycles. The number of hydrogen-bond donors (Lipinski definition) is 0. The van der Waals surface area contributed by atoms with E-state index in [9.17, 15) is 0 Å². The van der Waals surface area contributed by atoms with Gasteiger partial charge in [0, 0.05) is 6.42 Å². The SMILES string of the molecule is c1ccc2cc(OCCC3OCCCO3)ccc2c1. The van der Waals surface area contributed by atoms with Crippen molar-refractivity contribution in [3.05, 3.63) is 42.5 Å². The van der Waals surface area contributed by atoms with Gasteiger partial charge < -0.3 is 14.2 Å². The van der Waals surface area contributed by atoms with E-state index in [4.69, 9.17) is 14.2 Å². The molecule has 1 aliphatic rings. The Morgan fingerprint density at radius 1 is 1.00 bits per heavy atom. The fourth-order valence-electron chi connectivity index (χ4n) is 2.23. The van der Waals surface area contributed by atoms with Gasteiger partial charge in [-0.15, -0.1) is 0 Å². The standard InChI is InChI=1S/C16H18O3/c1-2-5-14-12-15(7-6-13(14)4-1)17-11-8-16-18-9-3-10-19-16/h1-2,4-7,12,16H,3,8-11H2. The molecule has 2 aromatic rings. The van der Waals surface area contributed by atoms with Gasteiger partial charge in [-0.1, -0.05) is 30.3 Å². The van der Waals surface area contributed by atoms with Crippen molar-refractivity contribution in [2.75, 3.05) is 19.8 Å². The van der Waals surface area contributed by atoms with Crippen LogP contribution in [-0.2, 0) is 9.47 Å². The van der Waals surface area contributed by atoms with Crippen molar-refractivity contribution in [2.45, 2.75) is 19.1 Å². The van der Waals surface area contributed by atoms with E-state index in [0.717, 1.165) is 31.8 Å². The summed E-state index contributed by atoms with van der Waals surface area (Å²) in [6.07, 6.45) is 1.66. The zero-order valence-electron chi connectivity index (χ0n) is 10.9. The number of hydrogen-bond acceptors (Lipinski definition) is 3. The molecule has 0 atom stereocenters. The van der Waals surface area contributed by atoms with Gasteiger partial charge in [-0.25, -0.2) is 0 Å². The number of fused-ring (bicyclic) bond motifs is 1. The minimum Gasteiger partial charge on any atom is -0.493 e. The van der Waals surface area contributed by atoms with E-state index in [1.165, 1.54) is 10.8 Å². The third-order valence-electron chi connectivity index (χ3n) is 3.24. The fourth-order valence-corrected chi connectivity index (χ4v) is 2.23. The molecular formula is C16H18O3. The first-order valence-corrected chi connectivity index (χ1v) is 6.77. The Labute approximate surface area is 113 Å². The van der Waals surface area contributed by atoms with Gasteiger partial charge in [0.15, 0.2) is 6.29 Å².